The zero-order chi connectivity index (χ0) is 18.7. The van der Waals surface area contributed by atoms with Crippen LogP contribution in [0.1, 0.15) is 32.1 Å². The molecule has 1 saturated carbocycles. The minimum atomic E-state index is -0.564. The second-order valence-electron chi connectivity index (χ2n) is 6.40. The van der Waals surface area contributed by atoms with Gasteiger partial charge in [0.1, 0.15) is 0 Å². The number of hydrogen-bond acceptors (Lipinski definition) is 6. The predicted octanol–water partition coefficient (Wildman–Crippen LogP) is 0.0495. The SMILES string of the molecule is O=C(CCn1ccc(=O)[nH]c1=O)N[C@H]1CCCC[C@H]1N1C(=O)CSC1=O. The highest BCUT2D eigenvalue weighted by Crippen LogP contribution is 2.30. The van der Waals surface area contributed by atoms with Gasteiger partial charge in [0.2, 0.25) is 11.8 Å². The number of imide groups is 1. The maximum atomic E-state index is 12.3. The van der Waals surface area contributed by atoms with E-state index in [0.29, 0.717) is 12.8 Å². The lowest BCUT2D eigenvalue weighted by atomic mass is 9.89. The van der Waals surface area contributed by atoms with Gasteiger partial charge in [-0.15, -0.1) is 0 Å². The van der Waals surface area contributed by atoms with E-state index in [9.17, 15) is 24.0 Å². The molecule has 0 radical (unpaired) electrons. The molecule has 3 amide bonds. The average Bonchev–Trinajstić information content (AvgIpc) is 2.93. The van der Waals surface area contributed by atoms with Crippen LogP contribution in [0, 0.1) is 0 Å². The monoisotopic (exact) mass is 380 g/mol. The van der Waals surface area contributed by atoms with Crippen molar-refractivity contribution in [3.8, 4) is 0 Å². The van der Waals surface area contributed by atoms with Gasteiger partial charge in [0.05, 0.1) is 11.8 Å². The Morgan fingerprint density at radius 3 is 2.69 bits per heavy atom. The number of nitrogens with one attached hydrogen (secondary N) is 2. The molecule has 2 atom stereocenters. The number of rotatable bonds is 5. The molecule has 9 nitrogen and oxygen atoms in total. The summed E-state index contributed by atoms with van der Waals surface area (Å²) in [6.45, 7) is 0.135. The zero-order valence-corrected chi connectivity index (χ0v) is 14.9. The number of hydrogen-bond donors (Lipinski definition) is 2. The molecule has 0 bridgehead atoms. The van der Waals surface area contributed by atoms with Crippen molar-refractivity contribution < 1.29 is 14.4 Å². The van der Waals surface area contributed by atoms with Crippen LogP contribution in [-0.2, 0) is 16.1 Å². The molecule has 1 saturated heterocycles. The number of H-pyrrole nitrogens is 1. The molecule has 2 fully saturated rings. The van der Waals surface area contributed by atoms with Gasteiger partial charge in [-0.05, 0) is 12.8 Å². The molecule has 2 heterocycles. The zero-order valence-electron chi connectivity index (χ0n) is 14.1. The molecule has 0 aromatic carbocycles. The second kappa shape index (κ2) is 7.90. The normalized spacial score (nSPS) is 23.3. The number of nitrogens with zero attached hydrogens (tertiary/aromatic N) is 2. The van der Waals surface area contributed by atoms with E-state index in [1.165, 1.54) is 21.7 Å². The first-order chi connectivity index (χ1) is 12.5. The average molecular weight is 380 g/mol. The van der Waals surface area contributed by atoms with Crippen LogP contribution < -0.4 is 16.6 Å². The Bertz CT molecular complexity index is 816. The van der Waals surface area contributed by atoms with Crippen LogP contribution in [-0.4, -0.2) is 49.3 Å². The van der Waals surface area contributed by atoms with E-state index in [0.717, 1.165) is 24.6 Å². The summed E-state index contributed by atoms with van der Waals surface area (Å²) < 4.78 is 1.25. The van der Waals surface area contributed by atoms with Crippen molar-refractivity contribution in [3.63, 3.8) is 0 Å². The number of aromatic nitrogens is 2. The van der Waals surface area contributed by atoms with E-state index in [1.807, 2.05) is 0 Å². The Balaban J connectivity index is 1.61. The molecule has 0 unspecified atom stereocenters. The van der Waals surface area contributed by atoms with Gasteiger partial charge < -0.3 is 9.88 Å². The van der Waals surface area contributed by atoms with E-state index in [-0.39, 0.29) is 47.9 Å². The molecule has 2 aliphatic rings. The van der Waals surface area contributed by atoms with Crippen molar-refractivity contribution in [2.75, 3.05) is 5.75 Å². The molecule has 1 aliphatic heterocycles. The van der Waals surface area contributed by atoms with Crippen molar-refractivity contribution in [2.45, 2.75) is 50.7 Å². The minimum Gasteiger partial charge on any atom is -0.351 e. The highest BCUT2D eigenvalue weighted by Gasteiger charge is 2.41. The van der Waals surface area contributed by atoms with Crippen LogP contribution in [0.5, 0.6) is 0 Å². The van der Waals surface area contributed by atoms with Gasteiger partial charge in [-0.2, -0.15) is 0 Å². The van der Waals surface area contributed by atoms with Crippen LogP contribution >= 0.6 is 11.8 Å². The van der Waals surface area contributed by atoms with Gasteiger partial charge in [0, 0.05) is 31.3 Å². The highest BCUT2D eigenvalue weighted by molar-refractivity contribution is 8.14. The van der Waals surface area contributed by atoms with Crippen molar-refractivity contribution in [1.82, 2.24) is 19.8 Å². The first kappa shape index (κ1) is 18.4. The maximum absolute atomic E-state index is 12.3. The van der Waals surface area contributed by atoms with Crippen molar-refractivity contribution in [2.24, 2.45) is 0 Å². The quantitative estimate of drug-likeness (QED) is 0.744. The van der Waals surface area contributed by atoms with Crippen molar-refractivity contribution >= 4 is 28.8 Å². The third-order valence-electron chi connectivity index (χ3n) is 4.67. The Morgan fingerprint density at radius 1 is 1.23 bits per heavy atom. The molecule has 10 heteroatoms. The molecular formula is C16H20N4O5S. The summed E-state index contributed by atoms with van der Waals surface area (Å²) in [7, 11) is 0. The Hall–Kier alpha value is -2.36. The van der Waals surface area contributed by atoms with Crippen molar-refractivity contribution in [1.29, 1.82) is 0 Å². The van der Waals surface area contributed by atoms with Gasteiger partial charge in [0.25, 0.3) is 10.8 Å². The molecule has 0 spiro atoms. The van der Waals surface area contributed by atoms with E-state index < -0.39 is 11.2 Å². The summed E-state index contributed by atoms with van der Waals surface area (Å²) in [6, 6.07) is 0.646. The first-order valence-electron chi connectivity index (χ1n) is 8.53. The van der Waals surface area contributed by atoms with Gasteiger partial charge in [-0.1, -0.05) is 24.6 Å². The first-order valence-corrected chi connectivity index (χ1v) is 9.52. The van der Waals surface area contributed by atoms with Crippen LogP contribution in [0.15, 0.2) is 21.9 Å². The van der Waals surface area contributed by atoms with Crippen LogP contribution in [0.25, 0.3) is 0 Å². The molecule has 26 heavy (non-hydrogen) atoms. The second-order valence-corrected chi connectivity index (χ2v) is 7.32. The standard InChI is InChI=1S/C16H20N4O5S/c21-12(5-7-19-8-6-13(22)18-15(19)24)17-10-3-1-2-4-11(10)20-14(23)9-26-16(20)25/h6,8,10-11H,1-5,7,9H2,(H,17,21)(H,18,22,24)/t10-,11+/m0/s1. The van der Waals surface area contributed by atoms with Gasteiger partial charge in [0.15, 0.2) is 0 Å². The van der Waals surface area contributed by atoms with Crippen LogP contribution in [0.3, 0.4) is 0 Å². The molecule has 1 aromatic heterocycles. The molecule has 1 aromatic rings. The number of thioether (sulfide) groups is 1. The van der Waals surface area contributed by atoms with Crippen LogP contribution in [0.4, 0.5) is 4.79 Å². The number of aromatic amines is 1. The minimum absolute atomic E-state index is 0.0613. The summed E-state index contributed by atoms with van der Waals surface area (Å²) >= 11 is 0.996. The largest absolute Gasteiger partial charge is 0.351 e. The summed E-state index contributed by atoms with van der Waals surface area (Å²) in [5, 5.41) is 2.66. The van der Waals surface area contributed by atoms with Gasteiger partial charge >= 0.3 is 5.69 Å². The van der Waals surface area contributed by atoms with Crippen LogP contribution in [0.2, 0.25) is 0 Å². The molecule has 140 valence electrons. The third kappa shape index (κ3) is 4.06. The summed E-state index contributed by atoms with van der Waals surface area (Å²) in [5.41, 5.74) is -1.05. The molecule has 2 N–H and O–H groups in total. The van der Waals surface area contributed by atoms with Crippen molar-refractivity contribution in [3.05, 3.63) is 33.1 Å². The number of aryl methyl sites for hydroxylation is 1. The van der Waals surface area contributed by atoms with Gasteiger partial charge in [-0.3, -0.25) is 29.1 Å². The number of amides is 3. The van der Waals surface area contributed by atoms with Gasteiger partial charge in [-0.25, -0.2) is 4.79 Å². The Kier molecular flexibility index (Phi) is 5.60. The lowest BCUT2D eigenvalue weighted by Gasteiger charge is -2.36. The maximum Gasteiger partial charge on any atom is 0.328 e. The molecular weight excluding hydrogens is 360 g/mol. The fourth-order valence-corrected chi connectivity index (χ4v) is 4.16. The lowest BCUT2D eigenvalue weighted by Crippen LogP contribution is -2.54. The fraction of sp³-hybridized carbons (Fsp3) is 0.562. The van der Waals surface area contributed by atoms with E-state index >= 15 is 0 Å². The topological polar surface area (TPSA) is 121 Å². The van der Waals surface area contributed by atoms with E-state index in [4.69, 9.17) is 0 Å². The Labute approximate surface area is 153 Å². The predicted molar refractivity (Wildman–Crippen MR) is 94.8 cm³/mol. The number of carbonyl (C=O) groups excluding carboxylic acids is 3. The highest BCUT2D eigenvalue weighted by atomic mass is 32.2. The fourth-order valence-electron chi connectivity index (χ4n) is 3.39. The smallest absolute Gasteiger partial charge is 0.328 e. The lowest BCUT2D eigenvalue weighted by molar-refractivity contribution is -0.129. The summed E-state index contributed by atoms with van der Waals surface area (Å²) in [5.74, 6) is -0.303. The Morgan fingerprint density at radius 2 is 2.00 bits per heavy atom. The molecule has 3 rings (SSSR count). The molecule has 1 aliphatic carbocycles. The number of carbonyl (C=O) groups is 3. The summed E-state index contributed by atoms with van der Waals surface area (Å²) in [6.07, 6.45) is 4.62. The summed E-state index contributed by atoms with van der Waals surface area (Å²) in [4.78, 5) is 62.4. The van der Waals surface area contributed by atoms with E-state index in [2.05, 4.69) is 10.3 Å². The third-order valence-corrected chi connectivity index (χ3v) is 5.50. The van der Waals surface area contributed by atoms with E-state index in [1.54, 1.807) is 0 Å².